The molecule has 2 aromatic carbocycles. The van der Waals surface area contributed by atoms with Crippen LogP contribution in [0.5, 0.6) is 0 Å². The molecule has 4 rings (SSSR count). The number of halogens is 1. The normalized spacial score (nSPS) is 11.6. The van der Waals surface area contributed by atoms with Crippen LogP contribution in [-0.4, -0.2) is 20.9 Å². The summed E-state index contributed by atoms with van der Waals surface area (Å²) in [6, 6.07) is 17.1. The van der Waals surface area contributed by atoms with Gasteiger partial charge in [0.25, 0.3) is 5.91 Å². The molecule has 0 aliphatic heterocycles. The molecule has 1 atom stereocenters. The molecule has 2 heterocycles. The number of hydrogen-bond donors (Lipinski definition) is 3. The van der Waals surface area contributed by atoms with Crippen LogP contribution in [-0.2, 0) is 0 Å². The first-order chi connectivity index (χ1) is 15.5. The van der Waals surface area contributed by atoms with E-state index >= 15 is 0 Å². The van der Waals surface area contributed by atoms with Gasteiger partial charge < -0.3 is 10.6 Å². The molecule has 0 spiro atoms. The highest BCUT2D eigenvalue weighted by Crippen LogP contribution is 2.24. The maximum Gasteiger partial charge on any atom is 0.255 e. The molecule has 0 bridgehead atoms. The summed E-state index contributed by atoms with van der Waals surface area (Å²) in [5.74, 6) is 0.115. The van der Waals surface area contributed by atoms with E-state index in [1.165, 1.54) is 24.3 Å². The van der Waals surface area contributed by atoms with Crippen LogP contribution in [0.3, 0.4) is 0 Å². The minimum Gasteiger partial charge on any atom is -0.324 e. The van der Waals surface area contributed by atoms with Gasteiger partial charge in [-0.2, -0.15) is 0 Å². The van der Waals surface area contributed by atoms with Gasteiger partial charge in [0.2, 0.25) is 5.95 Å². The lowest BCUT2D eigenvalue weighted by Gasteiger charge is -2.12. The highest BCUT2D eigenvalue weighted by molar-refractivity contribution is 6.04. The van der Waals surface area contributed by atoms with Crippen molar-refractivity contribution in [3.05, 3.63) is 95.9 Å². The average Bonchev–Trinajstić information content (AvgIpc) is 2.82. The Hall–Kier alpha value is -4.17. The molecular formula is C24H21FN6O. The third-order valence-corrected chi connectivity index (χ3v) is 4.85. The van der Waals surface area contributed by atoms with E-state index in [1.807, 2.05) is 31.2 Å². The van der Waals surface area contributed by atoms with Crippen molar-refractivity contribution in [2.45, 2.75) is 13.2 Å². The smallest absolute Gasteiger partial charge is 0.255 e. The van der Waals surface area contributed by atoms with E-state index in [-0.39, 0.29) is 5.91 Å². The summed E-state index contributed by atoms with van der Waals surface area (Å²) in [6.07, 6.45) is 3.54. The van der Waals surface area contributed by atoms with Crippen LogP contribution >= 0.6 is 0 Å². The lowest BCUT2D eigenvalue weighted by Crippen LogP contribution is -2.12. The third-order valence-electron chi connectivity index (χ3n) is 4.85. The largest absolute Gasteiger partial charge is 0.324 e. The Morgan fingerprint density at radius 2 is 1.88 bits per heavy atom. The number of aryl methyl sites for hydroxylation is 1. The molecule has 2 aromatic heterocycles. The van der Waals surface area contributed by atoms with Crippen LogP contribution in [0.4, 0.5) is 21.7 Å². The van der Waals surface area contributed by atoms with Gasteiger partial charge in [-0.3, -0.25) is 15.5 Å². The second-order valence-electron chi connectivity index (χ2n) is 7.14. The third kappa shape index (κ3) is 4.93. The van der Waals surface area contributed by atoms with Crippen LogP contribution in [0.25, 0.3) is 11.3 Å². The van der Waals surface area contributed by atoms with Crippen molar-refractivity contribution in [3.8, 4) is 11.3 Å². The molecule has 0 fully saturated rings. The van der Waals surface area contributed by atoms with Gasteiger partial charge in [-0.15, -0.1) is 0 Å². The first-order valence-electron chi connectivity index (χ1n) is 9.92. The molecule has 32 heavy (non-hydrogen) atoms. The fraction of sp³-hybridized carbons (Fsp3) is 0.0833. The van der Waals surface area contributed by atoms with Crippen molar-refractivity contribution in [2.75, 3.05) is 10.6 Å². The summed E-state index contributed by atoms with van der Waals surface area (Å²) < 4.78 is 13.2. The summed E-state index contributed by atoms with van der Waals surface area (Å²) in [5, 5.41) is 6.05. The number of carbonyl (C=O) groups excluding carboxylic acids is 1. The minimum absolute atomic E-state index is 0.311. The van der Waals surface area contributed by atoms with Crippen LogP contribution in [0.15, 0.2) is 79.3 Å². The van der Waals surface area contributed by atoms with Crippen molar-refractivity contribution < 1.29 is 9.18 Å². The highest BCUT2D eigenvalue weighted by Gasteiger charge is 2.10. The van der Waals surface area contributed by atoms with Crippen molar-refractivity contribution in [1.29, 1.82) is 0 Å². The molecule has 0 radical (unpaired) electrons. The zero-order chi connectivity index (χ0) is 22.5. The van der Waals surface area contributed by atoms with Gasteiger partial charge in [0.05, 0.1) is 5.69 Å². The van der Waals surface area contributed by atoms with E-state index in [9.17, 15) is 9.18 Å². The quantitative estimate of drug-likeness (QED) is 0.382. The molecular weight excluding hydrogens is 407 g/mol. The first kappa shape index (κ1) is 21.1. The van der Waals surface area contributed by atoms with Gasteiger partial charge in [0, 0.05) is 46.7 Å². The molecule has 4 N–H and O–H groups in total. The van der Waals surface area contributed by atoms with Crippen LogP contribution in [0, 0.1) is 6.92 Å². The molecule has 1 unspecified atom stereocenters. The number of nitrogens with one attached hydrogen (secondary N) is 2. The predicted octanol–water partition coefficient (Wildman–Crippen LogP) is 4.77. The number of rotatable bonds is 6. The van der Waals surface area contributed by atoms with Gasteiger partial charge in [-0.05, 0) is 55.0 Å². The van der Waals surface area contributed by atoms with Gasteiger partial charge in [-0.1, -0.05) is 18.2 Å². The summed E-state index contributed by atoms with van der Waals surface area (Å²) >= 11 is 0. The summed E-state index contributed by atoms with van der Waals surface area (Å²) in [7, 11) is 0. The zero-order valence-electron chi connectivity index (χ0n) is 17.3. The number of anilines is 3. The van der Waals surface area contributed by atoms with Gasteiger partial charge >= 0.3 is 0 Å². The Morgan fingerprint density at radius 3 is 2.59 bits per heavy atom. The number of nitrogens with two attached hydrogens (primary N) is 1. The van der Waals surface area contributed by atoms with Crippen LogP contribution < -0.4 is 16.4 Å². The topological polar surface area (TPSA) is 106 Å². The Labute approximate surface area is 184 Å². The molecule has 0 aliphatic rings. The maximum atomic E-state index is 13.2. The number of pyridine rings is 1. The highest BCUT2D eigenvalue weighted by atomic mass is 19.1. The SMILES string of the molecule is Cc1ccc(NC(=O)c2ccc(C(N)F)cc2)cc1Nc1nccc(-c2cccnc2)n1. The molecule has 0 saturated heterocycles. The fourth-order valence-corrected chi connectivity index (χ4v) is 3.07. The van der Waals surface area contributed by atoms with E-state index in [4.69, 9.17) is 5.73 Å². The average molecular weight is 428 g/mol. The lowest BCUT2D eigenvalue weighted by atomic mass is 10.1. The fourth-order valence-electron chi connectivity index (χ4n) is 3.07. The summed E-state index contributed by atoms with van der Waals surface area (Å²) in [5.41, 5.74) is 9.87. The zero-order valence-corrected chi connectivity index (χ0v) is 17.3. The monoisotopic (exact) mass is 428 g/mol. The van der Waals surface area contributed by atoms with Crippen molar-refractivity contribution in [3.63, 3.8) is 0 Å². The second kappa shape index (κ2) is 9.32. The standard InChI is InChI=1S/C24H21FN6O/c1-15-4-9-19(29-23(32)17-7-5-16(6-8-17)22(25)26)13-21(15)31-24-28-12-10-20(30-24)18-3-2-11-27-14-18/h2-14,22H,26H2,1H3,(H,29,32)(H,28,30,31). The molecule has 7 nitrogen and oxygen atoms in total. The van der Waals surface area contributed by atoms with Crippen molar-refractivity contribution >= 4 is 23.2 Å². The van der Waals surface area contributed by atoms with E-state index in [1.54, 1.807) is 30.7 Å². The maximum absolute atomic E-state index is 13.2. The Morgan fingerprint density at radius 1 is 1.06 bits per heavy atom. The molecule has 4 aromatic rings. The number of hydrogen-bond acceptors (Lipinski definition) is 6. The number of benzene rings is 2. The van der Waals surface area contributed by atoms with Crippen LogP contribution in [0.1, 0.15) is 27.8 Å². The number of aromatic nitrogens is 3. The van der Waals surface area contributed by atoms with Gasteiger partial charge in [-0.25, -0.2) is 14.4 Å². The Balaban J connectivity index is 1.51. The van der Waals surface area contributed by atoms with E-state index in [0.717, 1.165) is 22.5 Å². The molecule has 0 aliphatic carbocycles. The summed E-state index contributed by atoms with van der Waals surface area (Å²) in [4.78, 5) is 25.5. The number of amides is 1. The molecule has 0 saturated carbocycles. The van der Waals surface area contributed by atoms with Gasteiger partial charge in [0.1, 0.15) is 0 Å². The minimum atomic E-state index is -1.57. The van der Waals surface area contributed by atoms with E-state index in [2.05, 4.69) is 25.6 Å². The first-order valence-corrected chi connectivity index (χ1v) is 9.92. The van der Waals surface area contributed by atoms with E-state index in [0.29, 0.717) is 22.8 Å². The number of carbonyl (C=O) groups is 1. The van der Waals surface area contributed by atoms with Crippen molar-refractivity contribution in [1.82, 2.24) is 15.0 Å². The predicted molar refractivity (Wildman–Crippen MR) is 122 cm³/mol. The molecule has 160 valence electrons. The Kier molecular flexibility index (Phi) is 6.14. The van der Waals surface area contributed by atoms with Crippen molar-refractivity contribution in [2.24, 2.45) is 5.73 Å². The van der Waals surface area contributed by atoms with Gasteiger partial charge in [0.15, 0.2) is 6.30 Å². The lowest BCUT2D eigenvalue weighted by molar-refractivity contribution is 0.102. The van der Waals surface area contributed by atoms with Crippen LogP contribution in [0.2, 0.25) is 0 Å². The number of alkyl halides is 1. The van der Waals surface area contributed by atoms with E-state index < -0.39 is 6.30 Å². The number of nitrogens with zero attached hydrogens (tertiary/aromatic N) is 3. The molecule has 1 amide bonds. The Bertz CT molecular complexity index is 1230. The summed E-state index contributed by atoms with van der Waals surface area (Å²) in [6.45, 7) is 1.94. The molecule has 8 heteroatoms. The second-order valence-corrected chi connectivity index (χ2v) is 7.14.